The van der Waals surface area contributed by atoms with E-state index in [4.69, 9.17) is 9.47 Å². The number of esters is 2. The number of para-hydroxylation sites is 2. The minimum Gasteiger partial charge on any atom is -0.468 e. The van der Waals surface area contributed by atoms with Crippen LogP contribution < -0.4 is 4.90 Å². The third kappa shape index (κ3) is 2.42. The van der Waals surface area contributed by atoms with Gasteiger partial charge in [-0.1, -0.05) is 36.4 Å². The predicted molar refractivity (Wildman–Crippen MR) is 90.3 cm³/mol. The van der Waals surface area contributed by atoms with Crippen LogP contribution in [0.4, 0.5) is 11.4 Å². The van der Waals surface area contributed by atoms with E-state index in [0.717, 1.165) is 22.5 Å². The Morgan fingerprint density at radius 1 is 0.875 bits per heavy atom. The molecule has 1 aliphatic rings. The first-order chi connectivity index (χ1) is 11.6. The van der Waals surface area contributed by atoms with Gasteiger partial charge < -0.3 is 14.4 Å². The van der Waals surface area contributed by atoms with E-state index in [-0.39, 0.29) is 0 Å². The first kappa shape index (κ1) is 16.1. The molecule has 3 rings (SSSR count). The Hall–Kier alpha value is -2.82. The van der Waals surface area contributed by atoms with Crippen LogP contribution in [0.5, 0.6) is 0 Å². The second-order valence-electron chi connectivity index (χ2n) is 5.68. The minimum absolute atomic E-state index is 0.450. The average Bonchev–Trinajstić information content (AvgIpc) is 2.64. The third-order valence-corrected chi connectivity index (χ3v) is 4.51. The van der Waals surface area contributed by atoms with Crippen LogP contribution in [-0.4, -0.2) is 33.2 Å². The number of benzene rings is 2. The molecule has 0 radical (unpaired) electrons. The van der Waals surface area contributed by atoms with Crippen LogP contribution in [0, 0.1) is 5.92 Å². The molecule has 0 spiro atoms. The third-order valence-electron chi connectivity index (χ3n) is 4.51. The number of methoxy groups -OCH3 is 2. The predicted octanol–water partition coefficient (Wildman–Crippen LogP) is 2.86. The number of anilines is 2. The molecule has 0 saturated heterocycles. The van der Waals surface area contributed by atoms with Crippen molar-refractivity contribution in [2.45, 2.75) is 5.92 Å². The topological polar surface area (TPSA) is 55.8 Å². The largest absolute Gasteiger partial charge is 0.468 e. The molecule has 0 fully saturated rings. The molecular weight excluding hydrogens is 306 g/mol. The van der Waals surface area contributed by atoms with Crippen LogP contribution in [0.3, 0.4) is 0 Å². The Morgan fingerprint density at radius 3 is 1.71 bits per heavy atom. The zero-order valence-electron chi connectivity index (χ0n) is 13.9. The number of ether oxygens (including phenoxy) is 2. The standard InChI is InChI=1S/C19H19NO4/c1-20-14-10-6-4-8-12(14)16(13-9-5-7-11-15(13)20)17(18(21)23-2)19(22)24-3/h4-11,16-17H,1-3H3. The number of nitrogens with zero attached hydrogens (tertiary/aromatic N) is 1. The lowest BCUT2D eigenvalue weighted by Crippen LogP contribution is -2.36. The fourth-order valence-electron chi connectivity index (χ4n) is 3.39. The number of carbonyl (C=O) groups is 2. The van der Waals surface area contributed by atoms with Crippen LogP contribution >= 0.6 is 0 Å². The summed E-state index contributed by atoms with van der Waals surface area (Å²) in [5, 5.41) is 0. The van der Waals surface area contributed by atoms with E-state index >= 15 is 0 Å². The van der Waals surface area contributed by atoms with Gasteiger partial charge in [0.05, 0.1) is 14.2 Å². The van der Waals surface area contributed by atoms with E-state index in [2.05, 4.69) is 4.90 Å². The van der Waals surface area contributed by atoms with Gasteiger partial charge in [0.15, 0.2) is 5.92 Å². The van der Waals surface area contributed by atoms with E-state index < -0.39 is 23.8 Å². The summed E-state index contributed by atoms with van der Waals surface area (Å²) in [6.07, 6.45) is 0. The molecule has 1 aliphatic heterocycles. The zero-order valence-corrected chi connectivity index (χ0v) is 13.9. The Morgan fingerprint density at radius 2 is 1.29 bits per heavy atom. The lowest BCUT2D eigenvalue weighted by Gasteiger charge is -2.37. The monoisotopic (exact) mass is 325 g/mol. The normalized spacial score (nSPS) is 13.2. The maximum Gasteiger partial charge on any atom is 0.321 e. The van der Waals surface area contributed by atoms with Crippen molar-refractivity contribution < 1.29 is 19.1 Å². The highest BCUT2D eigenvalue weighted by molar-refractivity contribution is 5.98. The van der Waals surface area contributed by atoms with Crippen LogP contribution in [0.2, 0.25) is 0 Å². The van der Waals surface area contributed by atoms with Gasteiger partial charge in [-0.25, -0.2) is 0 Å². The van der Waals surface area contributed by atoms with Crippen LogP contribution in [0.25, 0.3) is 0 Å². The maximum atomic E-state index is 12.4. The van der Waals surface area contributed by atoms with Gasteiger partial charge in [0, 0.05) is 24.3 Å². The second kappa shape index (κ2) is 6.35. The first-order valence-electron chi connectivity index (χ1n) is 7.67. The average molecular weight is 325 g/mol. The van der Waals surface area contributed by atoms with E-state index in [9.17, 15) is 9.59 Å². The molecule has 5 nitrogen and oxygen atoms in total. The summed E-state index contributed by atoms with van der Waals surface area (Å²) >= 11 is 0. The van der Waals surface area contributed by atoms with Crippen LogP contribution in [-0.2, 0) is 19.1 Å². The summed E-state index contributed by atoms with van der Waals surface area (Å²) in [6, 6.07) is 15.5. The molecule has 0 aromatic heterocycles. The minimum atomic E-state index is -1.05. The van der Waals surface area contributed by atoms with Gasteiger partial charge in [0.1, 0.15) is 0 Å². The van der Waals surface area contributed by atoms with Crippen molar-refractivity contribution in [2.24, 2.45) is 5.92 Å². The number of fused-ring (bicyclic) bond motifs is 2. The van der Waals surface area contributed by atoms with Crippen LogP contribution in [0.1, 0.15) is 17.0 Å². The number of rotatable bonds is 3. The molecule has 2 aromatic carbocycles. The molecule has 124 valence electrons. The Balaban J connectivity index is 2.25. The van der Waals surface area contributed by atoms with Gasteiger partial charge in [0.25, 0.3) is 0 Å². The van der Waals surface area contributed by atoms with Crippen molar-refractivity contribution in [1.29, 1.82) is 0 Å². The fourth-order valence-corrected chi connectivity index (χ4v) is 3.39. The van der Waals surface area contributed by atoms with E-state index in [1.54, 1.807) is 0 Å². The summed E-state index contributed by atoms with van der Waals surface area (Å²) in [5.41, 5.74) is 3.72. The fraction of sp³-hybridized carbons (Fsp3) is 0.263. The van der Waals surface area contributed by atoms with Gasteiger partial charge in [-0.3, -0.25) is 9.59 Å². The summed E-state index contributed by atoms with van der Waals surface area (Å²) in [7, 11) is 4.54. The Labute approximate surface area is 140 Å². The summed E-state index contributed by atoms with van der Waals surface area (Å²) in [6.45, 7) is 0. The van der Waals surface area contributed by atoms with Gasteiger partial charge in [-0.05, 0) is 23.3 Å². The zero-order chi connectivity index (χ0) is 17.3. The molecular formula is C19H19NO4. The second-order valence-corrected chi connectivity index (χ2v) is 5.68. The number of carbonyl (C=O) groups excluding carboxylic acids is 2. The molecule has 0 aliphatic carbocycles. The number of hydrogen-bond donors (Lipinski definition) is 0. The van der Waals surface area contributed by atoms with E-state index in [0.29, 0.717) is 0 Å². The van der Waals surface area contributed by atoms with Gasteiger partial charge in [-0.2, -0.15) is 0 Å². The van der Waals surface area contributed by atoms with Gasteiger partial charge >= 0.3 is 11.9 Å². The van der Waals surface area contributed by atoms with Crippen molar-refractivity contribution >= 4 is 23.3 Å². The molecule has 5 heteroatoms. The summed E-state index contributed by atoms with van der Waals surface area (Å²) in [4.78, 5) is 26.8. The molecule has 0 unspecified atom stereocenters. The lowest BCUT2D eigenvalue weighted by atomic mass is 9.76. The van der Waals surface area contributed by atoms with E-state index in [1.165, 1.54) is 14.2 Å². The summed E-state index contributed by atoms with van der Waals surface area (Å²) in [5.74, 6) is -2.69. The highest BCUT2D eigenvalue weighted by Gasteiger charge is 2.43. The number of hydrogen-bond acceptors (Lipinski definition) is 5. The molecule has 1 heterocycles. The molecule has 0 amide bonds. The Kier molecular flexibility index (Phi) is 4.25. The molecule has 24 heavy (non-hydrogen) atoms. The summed E-state index contributed by atoms with van der Waals surface area (Å²) < 4.78 is 9.78. The first-order valence-corrected chi connectivity index (χ1v) is 7.67. The lowest BCUT2D eigenvalue weighted by molar-refractivity contribution is -0.159. The smallest absolute Gasteiger partial charge is 0.321 e. The maximum absolute atomic E-state index is 12.4. The van der Waals surface area contributed by atoms with E-state index in [1.807, 2.05) is 55.6 Å². The van der Waals surface area contributed by atoms with Gasteiger partial charge in [0.2, 0.25) is 0 Å². The van der Waals surface area contributed by atoms with Gasteiger partial charge in [-0.15, -0.1) is 0 Å². The van der Waals surface area contributed by atoms with Crippen molar-refractivity contribution in [3.8, 4) is 0 Å². The van der Waals surface area contributed by atoms with Crippen molar-refractivity contribution in [3.05, 3.63) is 59.7 Å². The molecule has 0 N–H and O–H groups in total. The Bertz CT molecular complexity index is 723. The van der Waals surface area contributed by atoms with Crippen LogP contribution in [0.15, 0.2) is 48.5 Å². The molecule has 0 bridgehead atoms. The molecule has 0 atom stereocenters. The molecule has 0 saturated carbocycles. The highest BCUT2D eigenvalue weighted by Crippen LogP contribution is 2.48. The van der Waals surface area contributed by atoms with Crippen molar-refractivity contribution in [1.82, 2.24) is 0 Å². The SMILES string of the molecule is COC(=O)C(C(=O)OC)C1c2ccccc2N(C)c2ccccc21. The molecule has 2 aromatic rings. The van der Waals surface area contributed by atoms with Crippen molar-refractivity contribution in [2.75, 3.05) is 26.2 Å². The highest BCUT2D eigenvalue weighted by atomic mass is 16.5. The quantitative estimate of drug-likeness (QED) is 0.641. The van der Waals surface area contributed by atoms with Crippen molar-refractivity contribution in [3.63, 3.8) is 0 Å².